The van der Waals surface area contributed by atoms with E-state index in [1.165, 1.54) is 6.20 Å². The van der Waals surface area contributed by atoms with Gasteiger partial charge in [0.2, 0.25) is 5.91 Å². The molecule has 21 heavy (non-hydrogen) atoms. The lowest BCUT2D eigenvalue weighted by Gasteiger charge is -2.17. The van der Waals surface area contributed by atoms with E-state index in [-0.39, 0.29) is 30.1 Å². The van der Waals surface area contributed by atoms with E-state index in [1.807, 2.05) is 13.8 Å². The normalized spacial score (nSPS) is 12.7. The average molecular weight is 315 g/mol. The number of carbonyl (C=O) groups excluding carboxylic acids is 2. The number of nitrogens with two attached hydrogens (primary N) is 1. The zero-order valence-corrected chi connectivity index (χ0v) is 13.2. The molecule has 0 aliphatic carbocycles. The van der Waals surface area contributed by atoms with E-state index in [0.29, 0.717) is 18.7 Å². The lowest BCUT2D eigenvalue weighted by atomic mass is 9.99. The molecule has 4 N–H and O–H groups in total. The van der Waals surface area contributed by atoms with Crippen molar-refractivity contribution in [3.63, 3.8) is 0 Å². The summed E-state index contributed by atoms with van der Waals surface area (Å²) in [4.78, 5) is 27.3. The SMILES string of the molecule is CCC(C)C(N)C(=O)NCCNC(=O)c1cccnc1.Cl. The van der Waals surface area contributed by atoms with Crippen LogP contribution in [0.15, 0.2) is 24.5 Å². The molecule has 7 heteroatoms. The summed E-state index contributed by atoms with van der Waals surface area (Å²) in [5.74, 6) is -0.256. The first-order valence-corrected chi connectivity index (χ1v) is 6.77. The van der Waals surface area contributed by atoms with Crippen molar-refractivity contribution in [2.75, 3.05) is 13.1 Å². The summed E-state index contributed by atoms with van der Waals surface area (Å²) in [6, 6.07) is 2.87. The molecule has 0 aliphatic rings. The smallest absolute Gasteiger partial charge is 0.252 e. The van der Waals surface area contributed by atoms with Crippen LogP contribution in [0.25, 0.3) is 0 Å². The van der Waals surface area contributed by atoms with Crippen LogP contribution in [0.4, 0.5) is 0 Å². The summed E-state index contributed by atoms with van der Waals surface area (Å²) in [7, 11) is 0. The molecule has 0 spiro atoms. The predicted octanol–water partition coefficient (Wildman–Crippen LogP) is 0.723. The number of nitrogens with one attached hydrogen (secondary N) is 2. The fraction of sp³-hybridized carbons (Fsp3) is 0.500. The van der Waals surface area contributed by atoms with E-state index in [2.05, 4.69) is 15.6 Å². The van der Waals surface area contributed by atoms with Gasteiger partial charge in [-0.3, -0.25) is 14.6 Å². The molecule has 0 saturated carbocycles. The summed E-state index contributed by atoms with van der Waals surface area (Å²) in [5.41, 5.74) is 6.29. The zero-order valence-electron chi connectivity index (χ0n) is 12.3. The van der Waals surface area contributed by atoms with Crippen LogP contribution in [-0.2, 0) is 4.79 Å². The van der Waals surface area contributed by atoms with Crippen LogP contribution in [0.2, 0.25) is 0 Å². The van der Waals surface area contributed by atoms with Gasteiger partial charge in [0.1, 0.15) is 0 Å². The van der Waals surface area contributed by atoms with Crippen LogP contribution in [0, 0.1) is 5.92 Å². The number of pyridine rings is 1. The third-order valence-electron chi connectivity index (χ3n) is 3.19. The lowest BCUT2D eigenvalue weighted by Crippen LogP contribution is -2.46. The van der Waals surface area contributed by atoms with Crippen LogP contribution in [0.3, 0.4) is 0 Å². The quantitative estimate of drug-likeness (QED) is 0.646. The van der Waals surface area contributed by atoms with Gasteiger partial charge in [0, 0.05) is 25.5 Å². The molecule has 6 nitrogen and oxygen atoms in total. The number of rotatable bonds is 7. The summed E-state index contributed by atoms with van der Waals surface area (Å²) >= 11 is 0. The molecule has 0 radical (unpaired) electrons. The van der Waals surface area contributed by atoms with Crippen molar-refractivity contribution < 1.29 is 9.59 Å². The van der Waals surface area contributed by atoms with Gasteiger partial charge in [-0.1, -0.05) is 20.3 Å². The fourth-order valence-electron chi connectivity index (χ4n) is 1.59. The second-order valence-electron chi connectivity index (χ2n) is 4.70. The molecule has 1 heterocycles. The third-order valence-corrected chi connectivity index (χ3v) is 3.19. The minimum absolute atomic E-state index is 0. The summed E-state index contributed by atoms with van der Waals surface area (Å²) < 4.78 is 0. The number of halogens is 1. The summed E-state index contributed by atoms with van der Waals surface area (Å²) in [6.07, 6.45) is 3.95. The summed E-state index contributed by atoms with van der Waals surface area (Å²) in [6.45, 7) is 4.64. The molecule has 1 rings (SSSR count). The van der Waals surface area contributed by atoms with Gasteiger partial charge >= 0.3 is 0 Å². The van der Waals surface area contributed by atoms with Gasteiger partial charge < -0.3 is 16.4 Å². The van der Waals surface area contributed by atoms with Crippen LogP contribution in [0.1, 0.15) is 30.6 Å². The lowest BCUT2D eigenvalue weighted by molar-refractivity contribution is -0.123. The molecule has 2 unspecified atom stereocenters. The highest BCUT2D eigenvalue weighted by Gasteiger charge is 2.18. The van der Waals surface area contributed by atoms with Crippen molar-refractivity contribution in [3.05, 3.63) is 30.1 Å². The van der Waals surface area contributed by atoms with Crippen LogP contribution in [-0.4, -0.2) is 35.9 Å². The Morgan fingerprint density at radius 2 is 2.00 bits per heavy atom. The molecule has 1 aromatic rings. The monoisotopic (exact) mass is 314 g/mol. The molecule has 118 valence electrons. The molecule has 0 fully saturated rings. The number of carbonyl (C=O) groups is 2. The number of nitrogens with zero attached hydrogens (tertiary/aromatic N) is 1. The Kier molecular flexibility index (Phi) is 9.32. The van der Waals surface area contributed by atoms with Crippen LogP contribution >= 0.6 is 12.4 Å². The van der Waals surface area contributed by atoms with Crippen molar-refractivity contribution >= 4 is 24.2 Å². The molecule has 1 aromatic heterocycles. The Labute approximate surface area is 131 Å². The number of amides is 2. The van der Waals surface area contributed by atoms with Crippen molar-refractivity contribution in [2.24, 2.45) is 11.7 Å². The Morgan fingerprint density at radius 1 is 1.33 bits per heavy atom. The van der Waals surface area contributed by atoms with Crippen molar-refractivity contribution in [1.82, 2.24) is 15.6 Å². The van der Waals surface area contributed by atoms with Gasteiger partial charge in [-0.25, -0.2) is 0 Å². The predicted molar refractivity (Wildman–Crippen MR) is 84.3 cm³/mol. The van der Waals surface area contributed by atoms with E-state index in [4.69, 9.17) is 5.73 Å². The van der Waals surface area contributed by atoms with Gasteiger partial charge in [-0.2, -0.15) is 0 Å². The molecule has 0 aromatic carbocycles. The highest BCUT2D eigenvalue weighted by molar-refractivity contribution is 5.93. The first-order valence-electron chi connectivity index (χ1n) is 6.77. The van der Waals surface area contributed by atoms with Crippen molar-refractivity contribution in [2.45, 2.75) is 26.3 Å². The Hall–Kier alpha value is -1.66. The van der Waals surface area contributed by atoms with E-state index >= 15 is 0 Å². The van der Waals surface area contributed by atoms with Gasteiger partial charge in [-0.15, -0.1) is 12.4 Å². The topological polar surface area (TPSA) is 97.1 Å². The van der Waals surface area contributed by atoms with E-state index < -0.39 is 6.04 Å². The molecule has 0 aliphatic heterocycles. The Morgan fingerprint density at radius 3 is 2.57 bits per heavy atom. The molecule has 0 saturated heterocycles. The first kappa shape index (κ1) is 19.3. The van der Waals surface area contributed by atoms with E-state index in [1.54, 1.807) is 18.3 Å². The van der Waals surface area contributed by atoms with Gasteiger partial charge in [-0.05, 0) is 18.1 Å². The Balaban J connectivity index is 0.00000400. The molecular weight excluding hydrogens is 292 g/mol. The molecule has 2 atom stereocenters. The minimum atomic E-state index is -0.506. The molecule has 2 amide bonds. The molecule has 0 bridgehead atoms. The maximum Gasteiger partial charge on any atom is 0.252 e. The minimum Gasteiger partial charge on any atom is -0.353 e. The Bertz CT molecular complexity index is 442. The average Bonchev–Trinajstić information content (AvgIpc) is 2.50. The largest absolute Gasteiger partial charge is 0.353 e. The van der Waals surface area contributed by atoms with Crippen LogP contribution in [0.5, 0.6) is 0 Å². The van der Waals surface area contributed by atoms with Crippen LogP contribution < -0.4 is 16.4 Å². The number of aromatic nitrogens is 1. The third kappa shape index (κ3) is 6.55. The number of hydrogen-bond acceptors (Lipinski definition) is 4. The second kappa shape index (κ2) is 10.1. The highest BCUT2D eigenvalue weighted by Crippen LogP contribution is 2.04. The van der Waals surface area contributed by atoms with E-state index in [0.717, 1.165) is 6.42 Å². The van der Waals surface area contributed by atoms with Gasteiger partial charge in [0.25, 0.3) is 5.91 Å². The maximum atomic E-state index is 11.7. The number of hydrogen-bond donors (Lipinski definition) is 3. The standard InChI is InChI=1S/C14H22N4O2.ClH/c1-3-10(2)12(15)14(20)18-8-7-17-13(19)11-5-4-6-16-9-11;/h4-6,9-10,12H,3,7-8,15H2,1-2H3,(H,17,19)(H,18,20);1H. The second-order valence-corrected chi connectivity index (χ2v) is 4.70. The van der Waals surface area contributed by atoms with Gasteiger partial charge in [0.15, 0.2) is 0 Å². The summed E-state index contributed by atoms with van der Waals surface area (Å²) in [5, 5.41) is 5.41. The van der Waals surface area contributed by atoms with Crippen molar-refractivity contribution in [3.8, 4) is 0 Å². The first-order chi connectivity index (χ1) is 9.56. The fourth-order valence-corrected chi connectivity index (χ4v) is 1.59. The zero-order chi connectivity index (χ0) is 15.0. The van der Waals surface area contributed by atoms with E-state index in [9.17, 15) is 9.59 Å². The molecular formula is C14H23ClN4O2. The van der Waals surface area contributed by atoms with Crippen molar-refractivity contribution in [1.29, 1.82) is 0 Å². The van der Waals surface area contributed by atoms with Gasteiger partial charge in [0.05, 0.1) is 11.6 Å². The maximum absolute atomic E-state index is 11.7. The highest BCUT2D eigenvalue weighted by atomic mass is 35.5.